The largest absolute Gasteiger partial charge is 0.506 e. The van der Waals surface area contributed by atoms with E-state index in [9.17, 15) is 21.9 Å². The van der Waals surface area contributed by atoms with E-state index in [1.165, 1.54) is 22.8 Å². The Morgan fingerprint density at radius 1 is 0.885 bits per heavy atom. The molecule has 6 aromatic rings. The number of aromatic hydroxyl groups is 1. The number of sulfonamides is 1. The lowest BCUT2D eigenvalue weighted by Gasteiger charge is -2.30. The van der Waals surface area contributed by atoms with E-state index in [4.69, 9.17) is 13.1 Å². The predicted octanol–water partition coefficient (Wildman–Crippen LogP) is 7.25. The summed E-state index contributed by atoms with van der Waals surface area (Å²) < 4.78 is 90.9. The molecule has 0 amide bonds. The molecule has 2 unspecified atom stereocenters. The molecule has 7 rings (SSSR count). The molecule has 5 N–H and O–H groups in total. The van der Waals surface area contributed by atoms with E-state index in [0.717, 1.165) is 23.4 Å². The summed E-state index contributed by atoms with van der Waals surface area (Å²) in [5.74, 6) is -0.771. The average molecular weight is 895 g/mol. The monoisotopic (exact) mass is 894 g/mol. The molecule has 18 nitrogen and oxygen atoms in total. The number of morpholine rings is 1. The number of aromatic nitrogens is 4. The van der Waals surface area contributed by atoms with Gasteiger partial charge in [-0.05, 0) is 85.6 Å². The van der Waals surface area contributed by atoms with E-state index >= 15 is 4.39 Å². The first kappa shape index (κ1) is 43.0. The highest BCUT2D eigenvalue weighted by atomic mass is 32.2. The summed E-state index contributed by atoms with van der Waals surface area (Å²) in [5.41, 5.74) is 4.93. The van der Waals surface area contributed by atoms with Crippen molar-refractivity contribution in [1.82, 2.24) is 19.8 Å². The van der Waals surface area contributed by atoms with Gasteiger partial charge < -0.3 is 23.1 Å². The van der Waals surface area contributed by atoms with Gasteiger partial charge in [-0.1, -0.05) is 20.8 Å². The Labute approximate surface area is 356 Å². The van der Waals surface area contributed by atoms with Gasteiger partial charge >= 0.3 is 22.5 Å². The summed E-state index contributed by atoms with van der Waals surface area (Å²) in [6.45, 7) is 11.6. The number of rotatable bonds is 14. The van der Waals surface area contributed by atoms with Crippen molar-refractivity contribution in [3.63, 3.8) is 0 Å². The van der Waals surface area contributed by atoms with Crippen LogP contribution in [0.3, 0.4) is 0 Å². The SMILES string of the molecule is Cc1cc(O)c(NS(=O)Oc2cc(NS(=O)Oc3cc(N=Nc4c(C(C)(C)C)[nH]n5nc(-c6ccc(NS(C)(=O)=O)cc6)nc45)ccc3F)ccc2N2CCOCC2)cc1C. The number of phenolic OH excluding ortho intramolecular Hbond substituents is 1. The van der Waals surface area contributed by atoms with Crippen LogP contribution in [0.15, 0.2) is 83.0 Å². The third-order valence-corrected chi connectivity index (χ3v) is 11.4. The molecule has 0 aliphatic carbocycles. The molecule has 0 saturated carbocycles. The lowest BCUT2D eigenvalue weighted by molar-refractivity contribution is 0.122. The summed E-state index contributed by atoms with van der Waals surface area (Å²) in [6.07, 6.45) is 1.07. The predicted molar refractivity (Wildman–Crippen MR) is 232 cm³/mol. The zero-order chi connectivity index (χ0) is 43.6. The van der Waals surface area contributed by atoms with E-state index in [1.54, 1.807) is 48.5 Å². The van der Waals surface area contributed by atoms with E-state index in [1.807, 2.05) is 39.5 Å². The molecule has 1 aliphatic rings. The molecule has 4 aromatic carbocycles. The molecule has 1 fully saturated rings. The fraction of sp³-hybridized carbons (Fsp3) is 0.282. The maximum atomic E-state index is 15.1. The van der Waals surface area contributed by atoms with Gasteiger partial charge in [-0.15, -0.1) is 10.2 Å². The minimum Gasteiger partial charge on any atom is -0.506 e. The molecule has 322 valence electrons. The molecule has 2 aromatic heterocycles. The summed E-state index contributed by atoms with van der Waals surface area (Å²) in [5, 5.41) is 27.0. The molecule has 61 heavy (non-hydrogen) atoms. The number of anilines is 4. The zero-order valence-electron chi connectivity index (χ0n) is 33.8. The van der Waals surface area contributed by atoms with Crippen molar-refractivity contribution in [1.29, 1.82) is 0 Å². The second-order valence-corrected chi connectivity index (χ2v) is 18.5. The van der Waals surface area contributed by atoms with Crippen LogP contribution in [0.1, 0.15) is 37.6 Å². The summed E-state index contributed by atoms with van der Waals surface area (Å²) in [6, 6.07) is 18.3. The molecule has 1 saturated heterocycles. The molecule has 0 bridgehead atoms. The molecule has 1 aliphatic heterocycles. The maximum absolute atomic E-state index is 15.1. The first-order valence-corrected chi connectivity index (χ1v) is 22.7. The van der Waals surface area contributed by atoms with Crippen molar-refractivity contribution in [2.75, 3.05) is 51.6 Å². The lowest BCUT2D eigenvalue weighted by Crippen LogP contribution is -2.36. The molecule has 2 atom stereocenters. The number of phenols is 1. The number of aryl methyl sites for hydroxylation is 2. The summed E-state index contributed by atoms with van der Waals surface area (Å²) in [4.78, 5) is 6.66. The number of hydrogen-bond acceptors (Lipinski definition) is 13. The Bertz CT molecular complexity index is 2780. The Morgan fingerprint density at radius 3 is 2.26 bits per heavy atom. The number of H-pyrrole nitrogens is 1. The highest BCUT2D eigenvalue weighted by Gasteiger charge is 2.26. The number of aromatic amines is 1. The number of nitrogens with zero attached hydrogens (tertiary/aromatic N) is 6. The van der Waals surface area contributed by atoms with Crippen LogP contribution < -0.4 is 27.4 Å². The summed E-state index contributed by atoms with van der Waals surface area (Å²) >= 11 is -4.50. The maximum Gasteiger partial charge on any atom is 0.316 e. The lowest BCUT2D eigenvalue weighted by atomic mass is 9.91. The van der Waals surface area contributed by atoms with Gasteiger partial charge in [0, 0.05) is 41.9 Å². The molecular weight excluding hydrogens is 852 g/mol. The van der Waals surface area contributed by atoms with Crippen LogP contribution in [-0.4, -0.2) is 74.3 Å². The molecular formula is C39H43FN10O8S3. The minimum absolute atomic E-state index is 0.0950. The number of ether oxygens (including phenoxy) is 1. The van der Waals surface area contributed by atoms with Crippen molar-refractivity contribution in [3.8, 4) is 28.6 Å². The van der Waals surface area contributed by atoms with Gasteiger partial charge in [0.2, 0.25) is 15.7 Å². The van der Waals surface area contributed by atoms with E-state index < -0.39 is 43.8 Å². The molecule has 0 spiro atoms. The first-order chi connectivity index (χ1) is 28.9. The van der Waals surface area contributed by atoms with Crippen LogP contribution in [0.4, 0.5) is 38.5 Å². The van der Waals surface area contributed by atoms with Crippen molar-refractivity contribution < 1.29 is 39.4 Å². The number of hydrogen-bond donors (Lipinski definition) is 5. The van der Waals surface area contributed by atoms with Crippen LogP contribution >= 0.6 is 0 Å². The zero-order valence-corrected chi connectivity index (χ0v) is 36.3. The minimum atomic E-state index is -3.45. The Hall–Kier alpha value is -6.10. The van der Waals surface area contributed by atoms with E-state index in [2.05, 4.69) is 39.6 Å². The highest BCUT2D eigenvalue weighted by Crippen LogP contribution is 2.37. The highest BCUT2D eigenvalue weighted by molar-refractivity contribution is 7.92. The van der Waals surface area contributed by atoms with Gasteiger partial charge in [-0.3, -0.25) is 19.3 Å². The van der Waals surface area contributed by atoms with Crippen molar-refractivity contribution in [2.45, 2.75) is 40.0 Å². The third kappa shape index (κ3) is 10.4. The van der Waals surface area contributed by atoms with Gasteiger partial charge in [0.25, 0.3) is 0 Å². The standard InChI is InChI=1S/C39H43FN10O8S3/c1-23-19-30(32(51)20-24(23)2)47-60(53)58-34-22-28(12-14-31(34)49-15-17-56-18-16-49)46-59(52)57-33-21-27(11-13-29(33)40)42-43-35-36(39(3,4)5)44-50-38(35)41-37(45-50)25-7-9-26(10-8-25)48-61(6,54)55/h7-14,19-22,44,46-48,51H,15-18H2,1-6H3. The summed E-state index contributed by atoms with van der Waals surface area (Å²) in [7, 11) is -3.45. The van der Waals surface area contributed by atoms with Crippen LogP contribution in [0.25, 0.3) is 17.0 Å². The van der Waals surface area contributed by atoms with Crippen LogP contribution in [-0.2, 0) is 42.7 Å². The number of halogens is 1. The third-order valence-electron chi connectivity index (χ3n) is 9.30. The molecule has 22 heteroatoms. The normalized spacial score (nSPS) is 14.6. The second-order valence-electron chi connectivity index (χ2n) is 15.1. The fourth-order valence-corrected chi connectivity index (χ4v) is 8.06. The fourth-order valence-electron chi connectivity index (χ4n) is 6.16. The quantitative estimate of drug-likeness (QED) is 0.0541. The number of azo groups is 1. The smallest absolute Gasteiger partial charge is 0.316 e. The van der Waals surface area contributed by atoms with Gasteiger partial charge in [0.15, 0.2) is 28.8 Å². The topological polar surface area (TPSA) is 226 Å². The first-order valence-electron chi connectivity index (χ1n) is 18.7. The second kappa shape index (κ2) is 17.5. The van der Waals surface area contributed by atoms with Crippen LogP contribution in [0, 0.1) is 19.7 Å². The molecule has 0 radical (unpaired) electrons. The van der Waals surface area contributed by atoms with Crippen LogP contribution in [0.2, 0.25) is 0 Å². The Morgan fingerprint density at radius 2 is 1.56 bits per heavy atom. The van der Waals surface area contributed by atoms with E-state index in [-0.39, 0.29) is 34.3 Å². The van der Waals surface area contributed by atoms with Gasteiger partial charge in [0.1, 0.15) is 5.75 Å². The number of benzene rings is 4. The van der Waals surface area contributed by atoms with Crippen LogP contribution in [0.5, 0.6) is 17.2 Å². The van der Waals surface area contributed by atoms with Gasteiger partial charge in [-0.25, -0.2) is 17.8 Å². The number of nitrogens with one attached hydrogen (secondary N) is 4. The van der Waals surface area contributed by atoms with E-state index in [0.29, 0.717) is 66.1 Å². The number of fused-ring (bicyclic) bond motifs is 1. The molecule has 3 heterocycles. The van der Waals surface area contributed by atoms with Crippen molar-refractivity contribution >= 4 is 72.3 Å². The Balaban J connectivity index is 1.09. The average Bonchev–Trinajstić information content (AvgIpc) is 3.76. The van der Waals surface area contributed by atoms with Crippen molar-refractivity contribution in [3.05, 3.63) is 95.4 Å². The van der Waals surface area contributed by atoms with Gasteiger partial charge in [-0.2, -0.15) is 18.2 Å². The Kier molecular flexibility index (Phi) is 12.3. The van der Waals surface area contributed by atoms with Gasteiger partial charge in [0.05, 0.1) is 47.9 Å². The van der Waals surface area contributed by atoms with Crippen molar-refractivity contribution in [2.24, 2.45) is 10.2 Å².